The molecular weight excluding hydrogens is 254 g/mol. The molecule has 1 aromatic carbocycles. The van der Waals surface area contributed by atoms with Crippen LogP contribution in [0.25, 0.3) is 21.8 Å². The Balaban J connectivity index is 2.46. The lowest BCUT2D eigenvalue weighted by Crippen LogP contribution is -1.93. The van der Waals surface area contributed by atoms with Crippen LogP contribution in [0.1, 0.15) is 0 Å². The molecule has 6 heteroatoms. The van der Waals surface area contributed by atoms with Gasteiger partial charge in [0.2, 0.25) is 5.15 Å². The monoisotopic (exact) mass is 259 g/mol. The number of pyridine rings is 2. The van der Waals surface area contributed by atoms with E-state index in [1.807, 2.05) is 6.07 Å². The molecule has 0 aliphatic carbocycles. The number of aromatic nitrogens is 2. The van der Waals surface area contributed by atoms with E-state index >= 15 is 0 Å². The SMILES string of the molecule is O=[N+]([O-])c1cc2ccc3ncccc3c2nc1Cl. The van der Waals surface area contributed by atoms with Gasteiger partial charge in [0.05, 0.1) is 16.0 Å². The fraction of sp³-hybridized carbons (Fsp3) is 0. The summed E-state index contributed by atoms with van der Waals surface area (Å²) in [5, 5.41) is 12.2. The zero-order chi connectivity index (χ0) is 12.7. The Hall–Kier alpha value is -2.27. The molecule has 0 saturated carbocycles. The summed E-state index contributed by atoms with van der Waals surface area (Å²) in [7, 11) is 0. The Labute approximate surface area is 106 Å². The van der Waals surface area contributed by atoms with Crippen molar-refractivity contribution < 1.29 is 4.92 Å². The molecule has 0 unspecified atom stereocenters. The topological polar surface area (TPSA) is 68.9 Å². The number of halogens is 1. The smallest absolute Gasteiger partial charge is 0.258 e. The molecule has 0 N–H and O–H groups in total. The van der Waals surface area contributed by atoms with Crippen LogP contribution in [-0.4, -0.2) is 14.9 Å². The number of rotatable bonds is 1. The highest BCUT2D eigenvalue weighted by Crippen LogP contribution is 2.30. The molecule has 0 aliphatic rings. The van der Waals surface area contributed by atoms with E-state index in [0.29, 0.717) is 10.9 Å². The van der Waals surface area contributed by atoms with Crippen molar-refractivity contribution in [2.24, 2.45) is 0 Å². The first-order valence-corrected chi connectivity index (χ1v) is 5.53. The lowest BCUT2D eigenvalue weighted by atomic mass is 10.1. The normalized spacial score (nSPS) is 10.9. The van der Waals surface area contributed by atoms with Crippen LogP contribution in [0.15, 0.2) is 36.5 Å². The van der Waals surface area contributed by atoms with Gasteiger partial charge in [-0.1, -0.05) is 17.7 Å². The number of fused-ring (bicyclic) bond motifs is 3. The minimum Gasteiger partial charge on any atom is -0.258 e. The van der Waals surface area contributed by atoms with E-state index in [9.17, 15) is 10.1 Å². The van der Waals surface area contributed by atoms with Crippen molar-refractivity contribution in [2.45, 2.75) is 0 Å². The van der Waals surface area contributed by atoms with Crippen molar-refractivity contribution in [3.8, 4) is 0 Å². The van der Waals surface area contributed by atoms with Gasteiger partial charge in [0, 0.05) is 23.0 Å². The third-order valence-electron chi connectivity index (χ3n) is 2.70. The average Bonchev–Trinajstić information content (AvgIpc) is 2.37. The highest BCUT2D eigenvalue weighted by atomic mass is 35.5. The van der Waals surface area contributed by atoms with Crippen molar-refractivity contribution in [3.63, 3.8) is 0 Å². The fourth-order valence-corrected chi connectivity index (χ4v) is 2.09. The standard InChI is InChI=1S/C12H6ClN3O2/c13-12-10(16(17)18)6-7-3-4-9-8(11(7)15-12)2-1-5-14-9/h1-6H. The summed E-state index contributed by atoms with van der Waals surface area (Å²) in [6.45, 7) is 0. The van der Waals surface area contributed by atoms with Crippen LogP contribution in [0.2, 0.25) is 5.15 Å². The van der Waals surface area contributed by atoms with E-state index in [-0.39, 0.29) is 10.8 Å². The summed E-state index contributed by atoms with van der Waals surface area (Å²) in [4.78, 5) is 18.6. The molecule has 3 aromatic rings. The Morgan fingerprint density at radius 1 is 1.28 bits per heavy atom. The van der Waals surface area contributed by atoms with Crippen LogP contribution in [0.3, 0.4) is 0 Å². The maximum atomic E-state index is 10.8. The minimum atomic E-state index is -0.539. The lowest BCUT2D eigenvalue weighted by Gasteiger charge is -2.03. The van der Waals surface area contributed by atoms with E-state index in [2.05, 4.69) is 9.97 Å². The number of hydrogen-bond donors (Lipinski definition) is 0. The molecule has 88 valence electrons. The average molecular weight is 260 g/mol. The number of benzene rings is 1. The first-order valence-electron chi connectivity index (χ1n) is 5.15. The predicted molar refractivity (Wildman–Crippen MR) is 68.7 cm³/mol. The summed E-state index contributed by atoms with van der Waals surface area (Å²) < 4.78 is 0. The predicted octanol–water partition coefficient (Wildman–Crippen LogP) is 3.34. The van der Waals surface area contributed by atoms with Crippen LogP contribution >= 0.6 is 11.6 Å². The van der Waals surface area contributed by atoms with Crippen molar-refractivity contribution in [3.05, 3.63) is 51.8 Å². The first kappa shape index (κ1) is 10.9. The molecule has 0 bridgehead atoms. The second-order valence-corrected chi connectivity index (χ2v) is 4.12. The maximum absolute atomic E-state index is 10.8. The molecular formula is C12H6ClN3O2. The Morgan fingerprint density at radius 3 is 2.89 bits per heavy atom. The Bertz CT molecular complexity index is 789. The first-order chi connectivity index (χ1) is 8.66. The Morgan fingerprint density at radius 2 is 2.11 bits per heavy atom. The zero-order valence-electron chi connectivity index (χ0n) is 9.00. The van der Waals surface area contributed by atoms with Gasteiger partial charge in [-0.3, -0.25) is 15.1 Å². The molecule has 2 heterocycles. The summed E-state index contributed by atoms with van der Waals surface area (Å²) in [5.74, 6) is 0. The van der Waals surface area contributed by atoms with Crippen molar-refractivity contribution in [1.29, 1.82) is 0 Å². The summed E-state index contributed by atoms with van der Waals surface area (Å²) in [6.07, 6.45) is 1.68. The van der Waals surface area contributed by atoms with Gasteiger partial charge in [-0.2, -0.15) is 0 Å². The molecule has 0 radical (unpaired) electrons. The summed E-state index contributed by atoms with van der Waals surface area (Å²) in [5.41, 5.74) is 1.21. The largest absolute Gasteiger partial charge is 0.307 e. The highest BCUT2D eigenvalue weighted by Gasteiger charge is 2.16. The van der Waals surface area contributed by atoms with E-state index in [0.717, 1.165) is 10.9 Å². The van der Waals surface area contributed by atoms with Gasteiger partial charge >= 0.3 is 5.69 Å². The van der Waals surface area contributed by atoms with Crippen molar-refractivity contribution in [1.82, 2.24) is 9.97 Å². The van der Waals surface area contributed by atoms with Crippen LogP contribution in [0.5, 0.6) is 0 Å². The highest BCUT2D eigenvalue weighted by molar-refractivity contribution is 6.32. The number of nitrogens with zero attached hydrogens (tertiary/aromatic N) is 3. The molecule has 0 spiro atoms. The van der Waals surface area contributed by atoms with Gasteiger partial charge in [-0.25, -0.2) is 4.98 Å². The quantitative estimate of drug-likeness (QED) is 0.291. The maximum Gasteiger partial charge on any atom is 0.307 e. The molecule has 0 saturated heterocycles. The molecule has 0 aliphatic heterocycles. The van der Waals surface area contributed by atoms with Gasteiger partial charge in [-0.05, 0) is 18.2 Å². The van der Waals surface area contributed by atoms with Crippen LogP contribution < -0.4 is 0 Å². The number of nitro groups is 1. The third-order valence-corrected chi connectivity index (χ3v) is 2.98. The third kappa shape index (κ3) is 1.56. The molecule has 0 amide bonds. The molecule has 3 rings (SSSR count). The lowest BCUT2D eigenvalue weighted by molar-refractivity contribution is -0.384. The molecule has 0 fully saturated rings. The van der Waals surface area contributed by atoms with Gasteiger partial charge in [-0.15, -0.1) is 0 Å². The molecule has 2 aromatic heterocycles. The zero-order valence-corrected chi connectivity index (χ0v) is 9.76. The van der Waals surface area contributed by atoms with Gasteiger partial charge < -0.3 is 0 Å². The van der Waals surface area contributed by atoms with Crippen molar-refractivity contribution in [2.75, 3.05) is 0 Å². The number of hydrogen-bond acceptors (Lipinski definition) is 4. The second-order valence-electron chi connectivity index (χ2n) is 3.76. The van der Waals surface area contributed by atoms with E-state index in [4.69, 9.17) is 11.6 Å². The van der Waals surface area contributed by atoms with E-state index in [1.54, 1.807) is 24.4 Å². The van der Waals surface area contributed by atoms with Gasteiger partial charge in [0.1, 0.15) is 0 Å². The van der Waals surface area contributed by atoms with Crippen molar-refractivity contribution >= 4 is 39.1 Å². The van der Waals surface area contributed by atoms with Crippen LogP contribution in [0.4, 0.5) is 5.69 Å². The second kappa shape index (κ2) is 3.89. The van der Waals surface area contributed by atoms with E-state index < -0.39 is 4.92 Å². The fourth-order valence-electron chi connectivity index (χ4n) is 1.89. The molecule has 18 heavy (non-hydrogen) atoms. The van der Waals surface area contributed by atoms with Gasteiger partial charge in [0.15, 0.2) is 0 Å². The summed E-state index contributed by atoms with van der Waals surface area (Å²) >= 11 is 5.83. The molecule has 5 nitrogen and oxygen atoms in total. The molecule has 0 atom stereocenters. The Kier molecular flexibility index (Phi) is 2.34. The van der Waals surface area contributed by atoms with E-state index in [1.165, 1.54) is 6.07 Å². The van der Waals surface area contributed by atoms with Crippen LogP contribution in [-0.2, 0) is 0 Å². The summed E-state index contributed by atoms with van der Waals surface area (Å²) in [6, 6.07) is 8.63. The van der Waals surface area contributed by atoms with Crippen LogP contribution in [0, 0.1) is 10.1 Å². The minimum absolute atomic E-state index is 0.108. The van der Waals surface area contributed by atoms with Gasteiger partial charge in [0.25, 0.3) is 0 Å².